The molecule has 0 bridgehead atoms. The van der Waals surface area contributed by atoms with Gasteiger partial charge in [-0.2, -0.15) is 13.9 Å². The Balaban J connectivity index is 2.00. The van der Waals surface area contributed by atoms with E-state index in [-0.39, 0.29) is 49.9 Å². The van der Waals surface area contributed by atoms with Crippen molar-refractivity contribution >= 4 is 38.4 Å². The van der Waals surface area contributed by atoms with Crippen molar-refractivity contribution in [1.29, 1.82) is 0 Å². The van der Waals surface area contributed by atoms with Crippen LogP contribution in [0.15, 0.2) is 41.5 Å². The summed E-state index contributed by atoms with van der Waals surface area (Å²) in [5.41, 5.74) is 5.18. The third kappa shape index (κ3) is 2.77. The number of nitrogens with zero attached hydrogens (tertiary/aromatic N) is 2. The Labute approximate surface area is 169 Å². The van der Waals surface area contributed by atoms with Crippen LogP contribution in [0, 0.1) is 11.6 Å². The van der Waals surface area contributed by atoms with Crippen LogP contribution in [-0.2, 0) is 0 Å². The van der Waals surface area contributed by atoms with Gasteiger partial charge in [-0.15, -0.1) is 0 Å². The molecule has 31 heavy (non-hydrogen) atoms. The average molecular weight is 429 g/mol. The maximum Gasteiger partial charge on any atom is 0.387 e. The van der Waals surface area contributed by atoms with E-state index in [2.05, 4.69) is 24.9 Å². The summed E-state index contributed by atoms with van der Waals surface area (Å²) in [7, 11) is 0. The molecule has 0 aliphatic heterocycles. The summed E-state index contributed by atoms with van der Waals surface area (Å²) >= 11 is 0. The lowest BCUT2D eigenvalue weighted by Crippen LogP contribution is -2.14. The van der Waals surface area contributed by atoms with Gasteiger partial charge in [0, 0.05) is 27.9 Å². The van der Waals surface area contributed by atoms with Gasteiger partial charge in [0.25, 0.3) is 5.56 Å². The number of rotatable bonds is 3. The molecule has 0 aliphatic rings. The number of aromatic nitrogens is 4. The average Bonchev–Trinajstić information content (AvgIpc) is 3.23. The number of nitrogens with one attached hydrogen (secondary N) is 2. The number of fused-ring (bicyclic) bond motifs is 4. The summed E-state index contributed by atoms with van der Waals surface area (Å²) < 4.78 is 59.2. The smallest absolute Gasteiger partial charge is 0.387 e. The van der Waals surface area contributed by atoms with E-state index in [1.807, 2.05) is 0 Å². The molecule has 0 fully saturated rings. The zero-order chi connectivity index (χ0) is 21.9. The van der Waals surface area contributed by atoms with Crippen molar-refractivity contribution in [3.05, 3.63) is 58.6 Å². The Morgan fingerprint density at radius 2 is 1.90 bits per heavy atom. The second kappa shape index (κ2) is 6.69. The number of nitrogens with two attached hydrogens (primary N) is 1. The fraction of sp³-hybridized carbons (Fsp3) is 0.0500. The predicted octanol–water partition coefficient (Wildman–Crippen LogP) is 4.08. The number of aromatic amines is 2. The molecule has 5 rings (SSSR count). The Morgan fingerprint density at radius 3 is 2.68 bits per heavy atom. The lowest BCUT2D eigenvalue weighted by Gasteiger charge is -2.15. The Kier molecular flexibility index (Phi) is 4.07. The van der Waals surface area contributed by atoms with Crippen LogP contribution < -0.4 is 16.0 Å². The second-order valence-corrected chi connectivity index (χ2v) is 6.70. The quantitative estimate of drug-likeness (QED) is 0.296. The lowest BCUT2D eigenvalue weighted by molar-refractivity contribution is -0.0488. The molecule has 0 radical (unpaired) electrons. The minimum absolute atomic E-state index is 0.0221. The minimum atomic E-state index is -3.14. The number of halogens is 4. The van der Waals surface area contributed by atoms with Gasteiger partial charge >= 0.3 is 6.61 Å². The Bertz CT molecular complexity index is 1560. The van der Waals surface area contributed by atoms with Gasteiger partial charge in [0.1, 0.15) is 16.7 Å². The SMILES string of the molecule is Nc1c(-c2cc(F)c(F)c3[nH]ncc23)c2cc(OC(F)F)c3ncccc3c2[nH]c1=O. The van der Waals surface area contributed by atoms with E-state index in [4.69, 9.17) is 5.73 Å². The van der Waals surface area contributed by atoms with Crippen LogP contribution in [0.1, 0.15) is 0 Å². The van der Waals surface area contributed by atoms with Crippen molar-refractivity contribution in [1.82, 2.24) is 20.2 Å². The maximum absolute atomic E-state index is 14.3. The number of hydrogen-bond acceptors (Lipinski definition) is 5. The van der Waals surface area contributed by atoms with Crippen molar-refractivity contribution in [2.75, 3.05) is 5.73 Å². The van der Waals surface area contributed by atoms with Crippen LogP contribution in [0.25, 0.3) is 43.8 Å². The van der Waals surface area contributed by atoms with Gasteiger partial charge in [0.15, 0.2) is 17.4 Å². The van der Waals surface area contributed by atoms with E-state index in [0.29, 0.717) is 5.39 Å². The van der Waals surface area contributed by atoms with Crippen molar-refractivity contribution in [2.24, 2.45) is 0 Å². The first-order chi connectivity index (χ1) is 14.9. The molecule has 3 heterocycles. The van der Waals surface area contributed by atoms with E-state index in [1.54, 1.807) is 12.1 Å². The third-order valence-electron chi connectivity index (χ3n) is 4.99. The molecule has 0 atom stereocenters. The highest BCUT2D eigenvalue weighted by molar-refractivity contribution is 6.15. The van der Waals surface area contributed by atoms with E-state index >= 15 is 0 Å². The Morgan fingerprint density at radius 1 is 1.10 bits per heavy atom. The molecule has 0 saturated carbocycles. The molecule has 156 valence electrons. The monoisotopic (exact) mass is 429 g/mol. The molecule has 4 N–H and O–H groups in total. The van der Waals surface area contributed by atoms with Gasteiger partial charge in [-0.05, 0) is 29.8 Å². The molecule has 2 aromatic carbocycles. The minimum Gasteiger partial charge on any atom is -0.432 e. The summed E-state index contributed by atoms with van der Waals surface area (Å²) in [6.07, 6.45) is 2.63. The fourth-order valence-electron chi connectivity index (χ4n) is 3.72. The topological polar surface area (TPSA) is 110 Å². The third-order valence-corrected chi connectivity index (χ3v) is 4.99. The molecule has 0 aliphatic carbocycles. The number of H-pyrrole nitrogens is 2. The van der Waals surface area contributed by atoms with Crippen molar-refractivity contribution in [3.63, 3.8) is 0 Å². The van der Waals surface area contributed by atoms with Crippen molar-refractivity contribution < 1.29 is 22.3 Å². The molecule has 5 aromatic rings. The molecular weight excluding hydrogens is 418 g/mol. The predicted molar refractivity (Wildman–Crippen MR) is 106 cm³/mol. The summed E-state index contributed by atoms with van der Waals surface area (Å²) in [4.78, 5) is 19.3. The summed E-state index contributed by atoms with van der Waals surface area (Å²) in [5.74, 6) is -2.62. The van der Waals surface area contributed by atoms with E-state index in [1.165, 1.54) is 18.5 Å². The first-order valence-corrected chi connectivity index (χ1v) is 8.86. The Hall–Kier alpha value is -4.15. The molecular formula is C20H11F4N5O2. The highest BCUT2D eigenvalue weighted by Gasteiger charge is 2.23. The number of hydrogen-bond donors (Lipinski definition) is 3. The summed E-state index contributed by atoms with van der Waals surface area (Å²) in [5, 5.41) is 6.74. The fourth-order valence-corrected chi connectivity index (χ4v) is 3.72. The van der Waals surface area contributed by atoms with E-state index < -0.39 is 23.8 Å². The van der Waals surface area contributed by atoms with Crippen LogP contribution in [0.2, 0.25) is 0 Å². The van der Waals surface area contributed by atoms with Gasteiger partial charge < -0.3 is 15.5 Å². The van der Waals surface area contributed by atoms with Crippen LogP contribution in [0.4, 0.5) is 23.2 Å². The number of pyridine rings is 2. The number of ether oxygens (including phenoxy) is 1. The van der Waals surface area contributed by atoms with E-state index in [0.717, 1.165) is 6.07 Å². The summed E-state index contributed by atoms with van der Waals surface area (Å²) in [6, 6.07) is 5.20. The molecule has 0 amide bonds. The van der Waals surface area contributed by atoms with Crippen molar-refractivity contribution in [2.45, 2.75) is 6.61 Å². The van der Waals surface area contributed by atoms with Crippen LogP contribution in [-0.4, -0.2) is 26.8 Å². The number of anilines is 1. The maximum atomic E-state index is 14.3. The highest BCUT2D eigenvalue weighted by Crippen LogP contribution is 2.41. The van der Waals surface area contributed by atoms with Gasteiger partial charge in [-0.3, -0.25) is 14.9 Å². The van der Waals surface area contributed by atoms with Crippen LogP contribution in [0.3, 0.4) is 0 Å². The van der Waals surface area contributed by atoms with Crippen molar-refractivity contribution in [3.8, 4) is 16.9 Å². The molecule has 3 aromatic heterocycles. The van der Waals surface area contributed by atoms with Gasteiger partial charge in [-0.1, -0.05) is 0 Å². The largest absolute Gasteiger partial charge is 0.432 e. The number of alkyl halides is 2. The molecule has 11 heteroatoms. The number of nitrogen functional groups attached to an aromatic ring is 1. The number of benzene rings is 2. The highest BCUT2D eigenvalue weighted by atomic mass is 19.3. The lowest BCUT2D eigenvalue weighted by atomic mass is 9.95. The molecule has 7 nitrogen and oxygen atoms in total. The molecule has 0 unspecified atom stereocenters. The summed E-state index contributed by atoms with van der Waals surface area (Å²) in [6.45, 7) is -3.14. The van der Waals surface area contributed by atoms with Crippen LogP contribution in [0.5, 0.6) is 5.75 Å². The van der Waals surface area contributed by atoms with Crippen LogP contribution >= 0.6 is 0 Å². The van der Waals surface area contributed by atoms with E-state index in [9.17, 15) is 22.4 Å². The zero-order valence-corrected chi connectivity index (χ0v) is 15.3. The van der Waals surface area contributed by atoms with Gasteiger partial charge in [0.05, 0.1) is 11.7 Å². The first kappa shape index (κ1) is 18.9. The standard InChI is InChI=1S/C20H11F4N5O2/c21-11-4-8(10-6-27-29-18(10)14(11)22)13-9-5-12(31-20(23)24)17-7(2-1-3-26-17)16(9)28-19(30)15(13)25/h1-6,20H,25H2,(H,27,29)(H,28,30). The van der Waals surface area contributed by atoms with Gasteiger partial charge in [0.2, 0.25) is 0 Å². The molecule has 0 spiro atoms. The molecule has 0 saturated heterocycles. The first-order valence-electron chi connectivity index (χ1n) is 8.86. The normalized spacial score (nSPS) is 11.8. The van der Waals surface area contributed by atoms with Gasteiger partial charge in [-0.25, -0.2) is 8.78 Å². The second-order valence-electron chi connectivity index (χ2n) is 6.70. The zero-order valence-electron chi connectivity index (χ0n) is 15.3.